The zero-order chi connectivity index (χ0) is 15.4. The molecule has 5 heteroatoms. The summed E-state index contributed by atoms with van der Waals surface area (Å²) in [6.45, 7) is 0.395. The summed E-state index contributed by atoms with van der Waals surface area (Å²) < 4.78 is 13.2. The topological polar surface area (TPSA) is 46.3 Å². The van der Waals surface area contributed by atoms with Gasteiger partial charge >= 0.3 is 0 Å². The van der Waals surface area contributed by atoms with Crippen LogP contribution in [0.5, 0.6) is 0 Å². The summed E-state index contributed by atoms with van der Waals surface area (Å²) in [7, 11) is 1.67. The average Bonchev–Trinajstić information content (AvgIpc) is 2.46. The van der Waals surface area contributed by atoms with E-state index in [1.807, 2.05) is 24.3 Å². The van der Waals surface area contributed by atoms with Gasteiger partial charge in [-0.1, -0.05) is 36.5 Å². The molecule has 0 heterocycles. The Morgan fingerprint density at radius 2 is 1.86 bits per heavy atom. The Balaban J connectivity index is 2.14. The highest BCUT2D eigenvalue weighted by Gasteiger charge is 2.13. The monoisotopic (exact) mass is 302 g/mol. The smallest absolute Gasteiger partial charge is 0.253 e. The molecule has 3 nitrogen and oxygen atoms in total. The second kappa shape index (κ2) is 6.45. The van der Waals surface area contributed by atoms with Crippen LogP contribution in [0, 0.1) is 5.82 Å². The van der Waals surface area contributed by atoms with Gasteiger partial charge in [0, 0.05) is 24.7 Å². The molecule has 0 fully saturated rings. The molecule has 0 unspecified atom stereocenters. The number of amides is 1. The van der Waals surface area contributed by atoms with E-state index in [1.54, 1.807) is 13.1 Å². The van der Waals surface area contributed by atoms with Crippen LogP contribution < -0.4 is 5.73 Å². The van der Waals surface area contributed by atoms with Gasteiger partial charge in [0.25, 0.3) is 5.91 Å². The van der Waals surface area contributed by atoms with E-state index in [0.717, 1.165) is 11.1 Å². The van der Waals surface area contributed by atoms with Gasteiger partial charge in [0.05, 0.1) is 0 Å². The van der Waals surface area contributed by atoms with E-state index in [0.29, 0.717) is 17.1 Å². The fourth-order valence-electron chi connectivity index (χ4n) is 2.01. The molecular weight excluding hydrogens is 287 g/mol. The first-order chi connectivity index (χ1) is 9.97. The van der Waals surface area contributed by atoms with Gasteiger partial charge < -0.3 is 10.6 Å². The molecule has 0 atom stereocenters. The highest BCUT2D eigenvalue weighted by molar-refractivity contribution is 7.80. The average molecular weight is 302 g/mol. The van der Waals surface area contributed by atoms with Gasteiger partial charge in [0.2, 0.25) is 0 Å². The van der Waals surface area contributed by atoms with Crippen LogP contribution in [0.4, 0.5) is 4.39 Å². The van der Waals surface area contributed by atoms with Crippen LogP contribution in [0.2, 0.25) is 0 Å². The minimum atomic E-state index is -0.426. The van der Waals surface area contributed by atoms with Crippen LogP contribution in [0.25, 0.3) is 0 Å². The second-order valence-electron chi connectivity index (χ2n) is 4.74. The zero-order valence-corrected chi connectivity index (χ0v) is 12.4. The highest BCUT2D eigenvalue weighted by Crippen LogP contribution is 2.11. The van der Waals surface area contributed by atoms with Crippen LogP contribution in [-0.2, 0) is 6.54 Å². The third kappa shape index (κ3) is 3.86. The Hall–Kier alpha value is -2.27. The summed E-state index contributed by atoms with van der Waals surface area (Å²) in [6.07, 6.45) is 0. The van der Waals surface area contributed by atoms with Crippen LogP contribution >= 0.6 is 12.2 Å². The van der Waals surface area contributed by atoms with Gasteiger partial charge in [-0.25, -0.2) is 4.39 Å². The normalized spacial score (nSPS) is 10.2. The predicted molar refractivity (Wildman–Crippen MR) is 84.5 cm³/mol. The van der Waals surface area contributed by atoms with E-state index in [4.69, 9.17) is 18.0 Å². The Bertz CT molecular complexity index is 687. The fraction of sp³-hybridized carbons (Fsp3) is 0.125. The van der Waals surface area contributed by atoms with Crippen LogP contribution in [-0.4, -0.2) is 22.8 Å². The second-order valence-corrected chi connectivity index (χ2v) is 5.18. The maximum absolute atomic E-state index is 13.2. The van der Waals surface area contributed by atoms with Gasteiger partial charge in [-0.05, 0) is 29.8 Å². The van der Waals surface area contributed by atoms with Crippen molar-refractivity contribution in [3.63, 3.8) is 0 Å². The third-order valence-electron chi connectivity index (χ3n) is 3.05. The van der Waals surface area contributed by atoms with Gasteiger partial charge in [-0.3, -0.25) is 4.79 Å². The first kappa shape index (κ1) is 15.1. The lowest BCUT2D eigenvalue weighted by molar-refractivity contribution is 0.0784. The van der Waals surface area contributed by atoms with Crippen LogP contribution in [0.1, 0.15) is 21.5 Å². The van der Waals surface area contributed by atoms with Crippen molar-refractivity contribution in [1.82, 2.24) is 4.90 Å². The maximum atomic E-state index is 13.2. The van der Waals surface area contributed by atoms with Gasteiger partial charge in [0.1, 0.15) is 10.8 Å². The van der Waals surface area contributed by atoms with E-state index in [-0.39, 0.29) is 5.91 Å². The van der Waals surface area contributed by atoms with Crippen molar-refractivity contribution in [2.24, 2.45) is 5.73 Å². The molecule has 21 heavy (non-hydrogen) atoms. The summed E-state index contributed by atoms with van der Waals surface area (Å²) in [6, 6.07) is 13.0. The zero-order valence-electron chi connectivity index (χ0n) is 11.5. The van der Waals surface area contributed by atoms with E-state index in [1.165, 1.54) is 23.1 Å². The summed E-state index contributed by atoms with van der Waals surface area (Å²) in [4.78, 5) is 14.1. The van der Waals surface area contributed by atoms with E-state index < -0.39 is 5.82 Å². The third-order valence-corrected chi connectivity index (χ3v) is 3.29. The number of rotatable bonds is 4. The van der Waals surface area contributed by atoms with Crippen molar-refractivity contribution in [3.05, 3.63) is 71.0 Å². The molecular formula is C16H15FN2OS. The number of thiocarbonyl (C=S) groups is 1. The number of carbonyl (C=O) groups is 1. The minimum absolute atomic E-state index is 0.241. The van der Waals surface area contributed by atoms with E-state index in [9.17, 15) is 9.18 Å². The highest BCUT2D eigenvalue weighted by atomic mass is 32.1. The number of nitrogens with two attached hydrogens (primary N) is 1. The standard InChI is InChI=1S/C16H15FN2OS/c1-19(16(20)13-6-3-7-14(17)9-13)10-11-4-2-5-12(8-11)15(18)21/h2-9H,10H2,1H3,(H2,18,21). The number of halogens is 1. The molecule has 2 aromatic carbocycles. The molecule has 2 N–H and O–H groups in total. The molecule has 0 radical (unpaired) electrons. The maximum Gasteiger partial charge on any atom is 0.253 e. The van der Waals surface area contributed by atoms with Crippen molar-refractivity contribution >= 4 is 23.1 Å². The lowest BCUT2D eigenvalue weighted by atomic mass is 10.1. The van der Waals surface area contributed by atoms with Crippen molar-refractivity contribution in [3.8, 4) is 0 Å². The molecule has 1 amide bonds. The van der Waals surface area contributed by atoms with Crippen LogP contribution in [0.15, 0.2) is 48.5 Å². The molecule has 2 aromatic rings. The number of carbonyl (C=O) groups excluding carboxylic acids is 1. The Morgan fingerprint density at radius 1 is 1.19 bits per heavy atom. The Labute approximate surface area is 128 Å². The van der Waals surface area contributed by atoms with Crippen molar-refractivity contribution in [2.75, 3.05) is 7.05 Å². The van der Waals surface area contributed by atoms with E-state index in [2.05, 4.69) is 0 Å². The molecule has 0 bridgehead atoms. The van der Waals surface area contributed by atoms with Crippen molar-refractivity contribution in [2.45, 2.75) is 6.54 Å². The number of benzene rings is 2. The Morgan fingerprint density at radius 3 is 2.52 bits per heavy atom. The summed E-state index contributed by atoms with van der Waals surface area (Å²) in [5, 5.41) is 0. The van der Waals surface area contributed by atoms with Crippen molar-refractivity contribution < 1.29 is 9.18 Å². The molecule has 2 rings (SSSR count). The largest absolute Gasteiger partial charge is 0.389 e. The molecule has 108 valence electrons. The number of hydrogen-bond donors (Lipinski definition) is 1. The summed E-state index contributed by atoms with van der Waals surface area (Å²) in [5.74, 6) is -0.667. The molecule has 0 aromatic heterocycles. The van der Waals surface area contributed by atoms with Gasteiger partial charge in [-0.2, -0.15) is 0 Å². The lowest BCUT2D eigenvalue weighted by Gasteiger charge is -2.18. The van der Waals surface area contributed by atoms with Gasteiger partial charge in [0.15, 0.2) is 0 Å². The van der Waals surface area contributed by atoms with Crippen LogP contribution in [0.3, 0.4) is 0 Å². The lowest BCUT2D eigenvalue weighted by Crippen LogP contribution is -2.26. The first-order valence-electron chi connectivity index (χ1n) is 6.37. The number of hydrogen-bond acceptors (Lipinski definition) is 2. The first-order valence-corrected chi connectivity index (χ1v) is 6.78. The fourth-order valence-corrected chi connectivity index (χ4v) is 2.14. The quantitative estimate of drug-likeness (QED) is 0.883. The number of nitrogens with zero attached hydrogens (tertiary/aromatic N) is 1. The predicted octanol–water partition coefficient (Wildman–Crippen LogP) is 2.73. The Kier molecular flexibility index (Phi) is 4.65. The van der Waals surface area contributed by atoms with Crippen molar-refractivity contribution in [1.29, 1.82) is 0 Å². The molecule has 0 aliphatic heterocycles. The summed E-state index contributed by atoms with van der Waals surface area (Å²) in [5.41, 5.74) is 7.58. The molecule has 0 aliphatic rings. The van der Waals surface area contributed by atoms with Gasteiger partial charge in [-0.15, -0.1) is 0 Å². The molecule has 0 saturated carbocycles. The SMILES string of the molecule is CN(Cc1cccc(C(N)=S)c1)C(=O)c1cccc(F)c1. The van der Waals surface area contributed by atoms with E-state index >= 15 is 0 Å². The summed E-state index contributed by atoms with van der Waals surface area (Å²) >= 11 is 4.93. The minimum Gasteiger partial charge on any atom is -0.389 e. The molecule has 0 spiro atoms. The molecule has 0 aliphatic carbocycles. The molecule has 0 saturated heterocycles.